The van der Waals surface area contributed by atoms with Crippen LogP contribution in [0, 0.1) is 0 Å². The molecule has 15 heavy (non-hydrogen) atoms. The zero-order valence-corrected chi connectivity index (χ0v) is 8.52. The van der Waals surface area contributed by atoms with Crippen LogP contribution in [0.2, 0.25) is 5.02 Å². The Morgan fingerprint density at radius 1 is 1.33 bits per heavy atom. The second-order valence-electron chi connectivity index (χ2n) is 2.91. The summed E-state index contributed by atoms with van der Waals surface area (Å²) < 4.78 is 0. The highest BCUT2D eigenvalue weighted by molar-refractivity contribution is 6.30. The number of benzene rings is 1. The van der Waals surface area contributed by atoms with E-state index in [1.807, 2.05) is 24.3 Å². The first kappa shape index (κ1) is 9.72. The normalized spacial score (nSPS) is 10.2. The molecule has 1 heterocycles. The maximum Gasteiger partial charge on any atom is 0.260 e. The van der Waals surface area contributed by atoms with E-state index in [9.17, 15) is 0 Å². The van der Waals surface area contributed by atoms with Crippen molar-refractivity contribution in [2.75, 3.05) is 11.2 Å². The number of aromatic nitrogens is 4. The molecule has 1 aromatic heterocycles. The number of halogens is 1. The van der Waals surface area contributed by atoms with Crippen molar-refractivity contribution < 1.29 is 0 Å². The Morgan fingerprint density at radius 3 is 2.67 bits per heavy atom. The SMILES string of the molecule is Nc1nnnn1NCc1ccc(Cl)cc1. The molecule has 0 radical (unpaired) electrons. The Hall–Kier alpha value is -1.82. The average molecular weight is 225 g/mol. The zero-order chi connectivity index (χ0) is 10.7. The smallest absolute Gasteiger partial charge is 0.260 e. The number of tetrazole rings is 1. The van der Waals surface area contributed by atoms with Crippen LogP contribution in [-0.4, -0.2) is 20.3 Å². The zero-order valence-electron chi connectivity index (χ0n) is 7.76. The number of anilines is 1. The minimum atomic E-state index is 0.226. The van der Waals surface area contributed by atoms with E-state index in [0.29, 0.717) is 11.6 Å². The van der Waals surface area contributed by atoms with Gasteiger partial charge in [0.2, 0.25) is 0 Å². The molecule has 3 N–H and O–H groups in total. The molecule has 0 aliphatic heterocycles. The fraction of sp³-hybridized carbons (Fsp3) is 0.125. The predicted octanol–water partition coefficient (Wildman–Crippen LogP) is 0.652. The summed E-state index contributed by atoms with van der Waals surface area (Å²) >= 11 is 5.76. The quantitative estimate of drug-likeness (QED) is 0.800. The second-order valence-corrected chi connectivity index (χ2v) is 3.35. The Labute approximate surface area is 91.0 Å². The first-order chi connectivity index (χ1) is 7.25. The van der Waals surface area contributed by atoms with Crippen molar-refractivity contribution in [3.8, 4) is 0 Å². The lowest BCUT2D eigenvalue weighted by molar-refractivity contribution is 0.693. The van der Waals surface area contributed by atoms with Crippen LogP contribution in [0.5, 0.6) is 0 Å². The van der Waals surface area contributed by atoms with Crippen LogP contribution in [0.1, 0.15) is 5.56 Å². The van der Waals surface area contributed by atoms with Gasteiger partial charge in [-0.3, -0.25) is 0 Å². The molecule has 0 amide bonds. The van der Waals surface area contributed by atoms with Gasteiger partial charge in [0, 0.05) is 5.02 Å². The molecular formula is C8H9ClN6. The third-order valence-corrected chi connectivity index (χ3v) is 2.09. The Balaban J connectivity index is 1.99. The van der Waals surface area contributed by atoms with E-state index in [1.54, 1.807) is 0 Å². The molecular weight excluding hydrogens is 216 g/mol. The Bertz CT molecular complexity index is 437. The number of nitrogens with one attached hydrogen (secondary N) is 1. The molecule has 78 valence electrons. The summed E-state index contributed by atoms with van der Waals surface area (Å²) in [6.45, 7) is 0.576. The van der Waals surface area contributed by atoms with Crippen LogP contribution in [0.25, 0.3) is 0 Å². The molecule has 0 atom stereocenters. The van der Waals surface area contributed by atoms with Crippen molar-refractivity contribution in [1.29, 1.82) is 0 Å². The maximum atomic E-state index is 5.76. The number of rotatable bonds is 3. The molecule has 0 bridgehead atoms. The molecule has 0 unspecified atom stereocenters. The standard InChI is InChI=1S/C8H9ClN6/c9-7-3-1-6(2-4-7)5-11-15-8(10)12-13-14-15/h1-4,11H,5H2,(H2,10,12,14). The van der Waals surface area contributed by atoms with Crippen molar-refractivity contribution in [3.63, 3.8) is 0 Å². The van der Waals surface area contributed by atoms with Crippen molar-refractivity contribution in [3.05, 3.63) is 34.9 Å². The van der Waals surface area contributed by atoms with Gasteiger partial charge < -0.3 is 11.2 Å². The van der Waals surface area contributed by atoms with Crippen LogP contribution >= 0.6 is 11.6 Å². The molecule has 0 aliphatic carbocycles. The lowest BCUT2D eigenvalue weighted by Gasteiger charge is -2.05. The topological polar surface area (TPSA) is 81.7 Å². The molecule has 0 spiro atoms. The minimum Gasteiger partial charge on any atom is -0.365 e. The summed E-state index contributed by atoms with van der Waals surface area (Å²) in [6, 6.07) is 7.47. The van der Waals surface area contributed by atoms with Gasteiger partial charge in [-0.15, -0.1) is 4.79 Å². The number of hydrogen-bond acceptors (Lipinski definition) is 5. The van der Waals surface area contributed by atoms with Gasteiger partial charge in [0.1, 0.15) is 0 Å². The molecule has 7 heteroatoms. The van der Waals surface area contributed by atoms with E-state index >= 15 is 0 Å². The average Bonchev–Trinajstić information content (AvgIpc) is 2.63. The fourth-order valence-corrected chi connectivity index (χ4v) is 1.20. The fourth-order valence-electron chi connectivity index (χ4n) is 1.08. The van der Waals surface area contributed by atoms with Gasteiger partial charge in [-0.25, -0.2) is 0 Å². The van der Waals surface area contributed by atoms with Crippen LogP contribution in [0.4, 0.5) is 5.95 Å². The van der Waals surface area contributed by atoms with E-state index in [4.69, 9.17) is 17.3 Å². The lowest BCUT2D eigenvalue weighted by Crippen LogP contribution is -2.18. The first-order valence-corrected chi connectivity index (χ1v) is 4.65. The highest BCUT2D eigenvalue weighted by Crippen LogP contribution is 2.09. The van der Waals surface area contributed by atoms with E-state index in [1.165, 1.54) is 4.79 Å². The molecule has 0 saturated heterocycles. The third kappa shape index (κ3) is 2.35. The van der Waals surface area contributed by atoms with Gasteiger partial charge in [0.15, 0.2) is 0 Å². The van der Waals surface area contributed by atoms with Crippen molar-refractivity contribution in [1.82, 2.24) is 20.3 Å². The van der Waals surface area contributed by atoms with E-state index in [-0.39, 0.29) is 5.95 Å². The predicted molar refractivity (Wildman–Crippen MR) is 56.7 cm³/mol. The molecule has 2 aromatic rings. The maximum absolute atomic E-state index is 5.76. The summed E-state index contributed by atoms with van der Waals surface area (Å²) in [5.74, 6) is 0.226. The summed E-state index contributed by atoms with van der Waals surface area (Å²) in [5.41, 5.74) is 9.48. The number of nitrogens with two attached hydrogens (primary N) is 1. The third-order valence-electron chi connectivity index (χ3n) is 1.84. The van der Waals surface area contributed by atoms with Crippen molar-refractivity contribution >= 4 is 17.5 Å². The summed E-state index contributed by atoms with van der Waals surface area (Å²) in [6.07, 6.45) is 0. The van der Waals surface area contributed by atoms with Crippen LogP contribution in [0.15, 0.2) is 24.3 Å². The van der Waals surface area contributed by atoms with Crippen LogP contribution < -0.4 is 11.2 Å². The molecule has 0 aliphatic rings. The Morgan fingerprint density at radius 2 is 2.07 bits per heavy atom. The molecule has 1 aromatic carbocycles. The van der Waals surface area contributed by atoms with E-state index in [0.717, 1.165) is 5.56 Å². The van der Waals surface area contributed by atoms with E-state index in [2.05, 4.69) is 21.0 Å². The van der Waals surface area contributed by atoms with E-state index < -0.39 is 0 Å². The van der Waals surface area contributed by atoms with Crippen molar-refractivity contribution in [2.45, 2.75) is 6.54 Å². The highest BCUT2D eigenvalue weighted by Gasteiger charge is 1.99. The van der Waals surface area contributed by atoms with Gasteiger partial charge >= 0.3 is 0 Å². The molecule has 0 fully saturated rings. The summed E-state index contributed by atoms with van der Waals surface area (Å²) in [4.78, 5) is 1.31. The van der Waals surface area contributed by atoms with Gasteiger partial charge in [-0.2, -0.15) is 0 Å². The minimum absolute atomic E-state index is 0.226. The first-order valence-electron chi connectivity index (χ1n) is 4.28. The lowest BCUT2D eigenvalue weighted by atomic mass is 10.2. The molecule has 6 nitrogen and oxygen atoms in total. The number of hydrogen-bond donors (Lipinski definition) is 2. The van der Waals surface area contributed by atoms with Gasteiger partial charge in [0.05, 0.1) is 6.54 Å². The van der Waals surface area contributed by atoms with Crippen molar-refractivity contribution in [2.24, 2.45) is 0 Å². The second kappa shape index (κ2) is 4.14. The molecule has 0 saturated carbocycles. The summed E-state index contributed by atoms with van der Waals surface area (Å²) in [7, 11) is 0. The monoisotopic (exact) mass is 224 g/mol. The molecule has 2 rings (SSSR count). The largest absolute Gasteiger partial charge is 0.365 e. The summed E-state index contributed by atoms with van der Waals surface area (Å²) in [5, 5.41) is 11.3. The number of nitrogens with zero attached hydrogens (tertiary/aromatic N) is 4. The van der Waals surface area contributed by atoms with Gasteiger partial charge in [-0.05, 0) is 28.1 Å². The van der Waals surface area contributed by atoms with Gasteiger partial charge in [-0.1, -0.05) is 28.8 Å². The highest BCUT2D eigenvalue weighted by atomic mass is 35.5. The van der Waals surface area contributed by atoms with Crippen LogP contribution in [-0.2, 0) is 6.54 Å². The Kier molecular flexibility index (Phi) is 2.68. The van der Waals surface area contributed by atoms with Gasteiger partial charge in [0.25, 0.3) is 5.95 Å². The van der Waals surface area contributed by atoms with Crippen LogP contribution in [0.3, 0.4) is 0 Å². The number of nitrogen functional groups attached to an aromatic ring is 1.